The lowest BCUT2D eigenvalue weighted by molar-refractivity contribution is -0.123. The minimum Gasteiger partial charge on any atom is -0.445 e. The Kier molecular flexibility index (Phi) is 7.76. The van der Waals surface area contributed by atoms with Crippen LogP contribution in [0, 0.1) is 6.92 Å². The SMILES string of the molecule is Cc1cccc(N(C)C(=O)C2CC3C(CCCN3C(=O)OCc3ccccc3)N2C(=O)OC(C)(C)C)c1. The Morgan fingerprint density at radius 1 is 1.00 bits per heavy atom. The number of hydrogen-bond acceptors (Lipinski definition) is 5. The number of likely N-dealkylation sites (tertiary alicyclic amines) is 2. The molecule has 3 amide bonds. The molecule has 0 aromatic heterocycles. The highest BCUT2D eigenvalue weighted by atomic mass is 16.6. The molecule has 198 valence electrons. The van der Waals surface area contributed by atoms with E-state index < -0.39 is 23.8 Å². The molecule has 2 aromatic carbocycles. The molecular weight excluding hydrogens is 470 g/mol. The van der Waals surface area contributed by atoms with E-state index in [0.29, 0.717) is 25.8 Å². The number of ether oxygens (including phenoxy) is 2. The normalized spacial score (nSPS) is 21.3. The zero-order valence-corrected chi connectivity index (χ0v) is 22.3. The average Bonchev–Trinajstić information content (AvgIpc) is 3.26. The monoisotopic (exact) mass is 507 g/mol. The molecular formula is C29H37N3O5. The fourth-order valence-corrected chi connectivity index (χ4v) is 5.23. The van der Waals surface area contributed by atoms with Gasteiger partial charge in [0.15, 0.2) is 0 Å². The molecule has 0 saturated carbocycles. The largest absolute Gasteiger partial charge is 0.445 e. The lowest BCUT2D eigenvalue weighted by Gasteiger charge is -2.39. The quantitative estimate of drug-likeness (QED) is 0.573. The van der Waals surface area contributed by atoms with Crippen molar-refractivity contribution in [2.75, 3.05) is 18.5 Å². The van der Waals surface area contributed by atoms with Crippen molar-refractivity contribution < 1.29 is 23.9 Å². The highest BCUT2D eigenvalue weighted by molar-refractivity contribution is 5.99. The Morgan fingerprint density at radius 3 is 2.41 bits per heavy atom. The number of carbonyl (C=O) groups excluding carboxylic acids is 3. The van der Waals surface area contributed by atoms with E-state index in [2.05, 4.69) is 0 Å². The minimum absolute atomic E-state index is 0.168. The second kappa shape index (κ2) is 10.8. The predicted octanol–water partition coefficient (Wildman–Crippen LogP) is 5.14. The summed E-state index contributed by atoms with van der Waals surface area (Å²) >= 11 is 0. The van der Waals surface area contributed by atoms with Gasteiger partial charge in [-0.3, -0.25) is 9.69 Å². The van der Waals surface area contributed by atoms with Crippen LogP contribution in [-0.2, 0) is 20.9 Å². The standard InChI is InChI=1S/C29H37N3O5/c1-20-11-9-14-22(17-20)30(5)26(33)25-18-24-23(32(25)28(35)37-29(2,3)4)15-10-16-31(24)27(34)36-19-21-12-7-6-8-13-21/h6-9,11-14,17,23-25H,10,15-16,18-19H2,1-5H3. The van der Waals surface area contributed by atoms with Crippen LogP contribution in [0.2, 0.25) is 0 Å². The molecule has 3 unspecified atom stereocenters. The van der Waals surface area contributed by atoms with Crippen molar-refractivity contribution >= 4 is 23.8 Å². The number of benzene rings is 2. The molecule has 8 heteroatoms. The van der Waals surface area contributed by atoms with E-state index in [1.807, 2.05) is 82.3 Å². The topological polar surface area (TPSA) is 79.4 Å². The molecule has 2 aromatic rings. The van der Waals surface area contributed by atoms with Crippen LogP contribution >= 0.6 is 0 Å². The van der Waals surface area contributed by atoms with Crippen molar-refractivity contribution in [3.63, 3.8) is 0 Å². The number of anilines is 1. The van der Waals surface area contributed by atoms with Gasteiger partial charge in [-0.25, -0.2) is 9.59 Å². The Balaban J connectivity index is 1.58. The van der Waals surface area contributed by atoms with Crippen LogP contribution in [-0.4, -0.2) is 65.2 Å². The third kappa shape index (κ3) is 6.06. The summed E-state index contributed by atoms with van der Waals surface area (Å²) in [6, 6.07) is 15.8. The van der Waals surface area contributed by atoms with Crippen LogP contribution in [0.3, 0.4) is 0 Å². The van der Waals surface area contributed by atoms with Crippen LogP contribution in [0.5, 0.6) is 0 Å². The molecule has 0 aliphatic carbocycles. The van der Waals surface area contributed by atoms with Gasteiger partial charge in [0.25, 0.3) is 0 Å². The highest BCUT2D eigenvalue weighted by Gasteiger charge is 2.53. The van der Waals surface area contributed by atoms with E-state index in [0.717, 1.165) is 16.8 Å². The molecule has 2 aliphatic heterocycles. The summed E-state index contributed by atoms with van der Waals surface area (Å²) in [6.07, 6.45) is 0.762. The molecule has 2 heterocycles. The maximum atomic E-state index is 13.8. The van der Waals surface area contributed by atoms with E-state index >= 15 is 0 Å². The second-order valence-corrected chi connectivity index (χ2v) is 10.9. The summed E-state index contributed by atoms with van der Waals surface area (Å²) < 4.78 is 11.4. The Hall–Kier alpha value is -3.55. The van der Waals surface area contributed by atoms with Crippen LogP contribution in [0.15, 0.2) is 54.6 Å². The molecule has 2 aliphatic rings. The first-order chi connectivity index (χ1) is 17.5. The molecule has 4 rings (SSSR count). The molecule has 3 atom stereocenters. The lowest BCUT2D eigenvalue weighted by atomic mass is 9.97. The van der Waals surface area contributed by atoms with Crippen LogP contribution in [0.25, 0.3) is 0 Å². The Morgan fingerprint density at radius 2 is 1.73 bits per heavy atom. The van der Waals surface area contributed by atoms with Crippen molar-refractivity contribution in [1.82, 2.24) is 9.80 Å². The smallest absolute Gasteiger partial charge is 0.411 e. The summed E-state index contributed by atoms with van der Waals surface area (Å²) in [4.78, 5) is 45.2. The van der Waals surface area contributed by atoms with Gasteiger partial charge in [0.05, 0.1) is 12.1 Å². The van der Waals surface area contributed by atoms with Gasteiger partial charge in [-0.15, -0.1) is 0 Å². The van der Waals surface area contributed by atoms with Gasteiger partial charge < -0.3 is 19.3 Å². The van der Waals surface area contributed by atoms with Gasteiger partial charge >= 0.3 is 12.2 Å². The summed E-state index contributed by atoms with van der Waals surface area (Å²) in [7, 11) is 1.72. The van der Waals surface area contributed by atoms with Crippen LogP contribution in [0.1, 0.15) is 51.2 Å². The van der Waals surface area contributed by atoms with Gasteiger partial charge in [-0.1, -0.05) is 42.5 Å². The van der Waals surface area contributed by atoms with Gasteiger partial charge in [-0.2, -0.15) is 0 Å². The zero-order chi connectivity index (χ0) is 26.7. The van der Waals surface area contributed by atoms with Crippen molar-refractivity contribution in [3.05, 3.63) is 65.7 Å². The second-order valence-electron chi connectivity index (χ2n) is 10.9. The Labute approximate surface area is 219 Å². The third-order valence-electron chi connectivity index (χ3n) is 6.95. The summed E-state index contributed by atoms with van der Waals surface area (Å²) in [5, 5.41) is 0. The molecule has 8 nitrogen and oxygen atoms in total. The van der Waals surface area contributed by atoms with Gasteiger partial charge in [0.2, 0.25) is 5.91 Å². The van der Waals surface area contributed by atoms with E-state index in [-0.39, 0.29) is 24.6 Å². The van der Waals surface area contributed by atoms with E-state index in [1.54, 1.807) is 21.7 Å². The van der Waals surface area contributed by atoms with Crippen molar-refractivity contribution in [3.8, 4) is 0 Å². The predicted molar refractivity (Wildman–Crippen MR) is 141 cm³/mol. The Bertz CT molecular complexity index is 1130. The number of rotatable bonds is 4. The first-order valence-corrected chi connectivity index (χ1v) is 12.9. The fourth-order valence-electron chi connectivity index (χ4n) is 5.23. The van der Waals surface area contributed by atoms with Gasteiger partial charge in [-0.05, 0) is 70.2 Å². The number of hydrogen-bond donors (Lipinski definition) is 0. The molecule has 0 radical (unpaired) electrons. The van der Waals surface area contributed by atoms with Gasteiger partial charge in [0, 0.05) is 19.3 Å². The maximum Gasteiger partial charge on any atom is 0.411 e. The van der Waals surface area contributed by atoms with E-state index in [9.17, 15) is 14.4 Å². The van der Waals surface area contributed by atoms with Crippen LogP contribution < -0.4 is 4.90 Å². The number of fused-ring (bicyclic) bond motifs is 1. The summed E-state index contributed by atoms with van der Waals surface area (Å²) in [5.74, 6) is -0.205. The first-order valence-electron chi connectivity index (χ1n) is 12.9. The maximum absolute atomic E-state index is 13.8. The molecule has 0 spiro atoms. The van der Waals surface area contributed by atoms with Crippen molar-refractivity contribution in [2.24, 2.45) is 0 Å². The number of carbonyl (C=O) groups is 3. The first kappa shape index (κ1) is 26.5. The number of amides is 3. The lowest BCUT2D eigenvalue weighted by Crippen LogP contribution is -2.55. The molecule has 37 heavy (non-hydrogen) atoms. The molecule has 2 fully saturated rings. The van der Waals surface area contributed by atoms with Crippen LogP contribution in [0.4, 0.5) is 15.3 Å². The summed E-state index contributed by atoms with van der Waals surface area (Å²) in [6.45, 7) is 8.08. The number of likely N-dealkylation sites (N-methyl/N-ethyl adjacent to an activating group) is 1. The van der Waals surface area contributed by atoms with Crippen molar-refractivity contribution in [2.45, 2.75) is 77.3 Å². The average molecular weight is 508 g/mol. The van der Waals surface area contributed by atoms with Gasteiger partial charge in [0.1, 0.15) is 18.2 Å². The van der Waals surface area contributed by atoms with E-state index in [1.165, 1.54) is 0 Å². The number of aryl methyl sites for hydroxylation is 1. The summed E-state index contributed by atoms with van der Waals surface area (Å²) in [5.41, 5.74) is 1.98. The third-order valence-corrected chi connectivity index (χ3v) is 6.95. The van der Waals surface area contributed by atoms with Crippen molar-refractivity contribution in [1.29, 1.82) is 0 Å². The molecule has 0 bridgehead atoms. The highest BCUT2D eigenvalue weighted by Crippen LogP contribution is 2.37. The minimum atomic E-state index is -0.752. The number of piperidine rings is 1. The molecule has 2 saturated heterocycles. The van der Waals surface area contributed by atoms with E-state index in [4.69, 9.17) is 9.47 Å². The fraction of sp³-hybridized carbons (Fsp3) is 0.483. The zero-order valence-electron chi connectivity index (χ0n) is 22.3. The number of nitrogens with zero attached hydrogens (tertiary/aromatic N) is 3. The molecule has 0 N–H and O–H groups in total.